The minimum absolute atomic E-state index is 0.0775. The Kier molecular flexibility index (Phi) is 6.46. The first kappa shape index (κ1) is 21.9. The Labute approximate surface area is 191 Å². The second kappa shape index (κ2) is 9.44. The molecule has 2 amide bonds. The van der Waals surface area contributed by atoms with Gasteiger partial charge in [0.2, 0.25) is 5.91 Å². The second-order valence-electron chi connectivity index (χ2n) is 7.71. The average Bonchev–Trinajstić information content (AvgIpc) is 2.83. The molecule has 1 N–H and O–H groups in total. The lowest BCUT2D eigenvalue weighted by molar-refractivity contribution is -0.130. The molecule has 2 heterocycles. The molecule has 0 radical (unpaired) electrons. The van der Waals surface area contributed by atoms with Gasteiger partial charge in [-0.2, -0.15) is 0 Å². The van der Waals surface area contributed by atoms with Gasteiger partial charge in [0.1, 0.15) is 11.4 Å². The second-order valence-corrected chi connectivity index (χ2v) is 8.14. The molecule has 0 unspecified atom stereocenters. The van der Waals surface area contributed by atoms with Gasteiger partial charge in [0.05, 0.1) is 19.2 Å². The van der Waals surface area contributed by atoms with E-state index in [0.29, 0.717) is 42.5 Å². The molecule has 1 aliphatic rings. The molecule has 0 spiro atoms. The Morgan fingerprint density at radius 1 is 1.09 bits per heavy atom. The number of rotatable bonds is 5. The SMILES string of the molecule is COc1cc(C(=O)NCC(=O)N2CCN(c3cc(Cl)ccc3C)CC2)nc2ccccc12. The summed E-state index contributed by atoms with van der Waals surface area (Å²) in [5.41, 5.74) is 3.12. The van der Waals surface area contributed by atoms with Crippen LogP contribution in [0.2, 0.25) is 5.02 Å². The van der Waals surface area contributed by atoms with E-state index in [2.05, 4.69) is 22.1 Å². The number of amides is 2. The van der Waals surface area contributed by atoms with Crippen molar-refractivity contribution in [2.45, 2.75) is 6.92 Å². The van der Waals surface area contributed by atoms with Gasteiger partial charge in [0.15, 0.2) is 0 Å². The van der Waals surface area contributed by atoms with E-state index in [1.807, 2.05) is 42.5 Å². The van der Waals surface area contributed by atoms with Gasteiger partial charge in [-0.3, -0.25) is 9.59 Å². The van der Waals surface area contributed by atoms with Crippen molar-refractivity contribution < 1.29 is 14.3 Å². The van der Waals surface area contributed by atoms with E-state index in [4.69, 9.17) is 16.3 Å². The maximum atomic E-state index is 12.7. The summed E-state index contributed by atoms with van der Waals surface area (Å²) < 4.78 is 5.39. The van der Waals surface area contributed by atoms with Crippen molar-refractivity contribution in [3.63, 3.8) is 0 Å². The molecule has 8 heteroatoms. The first-order valence-electron chi connectivity index (χ1n) is 10.5. The van der Waals surface area contributed by atoms with E-state index in [-0.39, 0.29) is 18.1 Å². The van der Waals surface area contributed by atoms with Crippen LogP contribution in [-0.2, 0) is 4.79 Å². The zero-order valence-corrected chi connectivity index (χ0v) is 18.9. The van der Waals surface area contributed by atoms with E-state index in [1.165, 1.54) is 0 Å². The smallest absolute Gasteiger partial charge is 0.270 e. The highest BCUT2D eigenvalue weighted by molar-refractivity contribution is 6.30. The molecule has 4 rings (SSSR count). The number of nitrogens with one attached hydrogen (secondary N) is 1. The molecule has 2 aromatic carbocycles. The number of para-hydroxylation sites is 1. The summed E-state index contributed by atoms with van der Waals surface area (Å²) >= 11 is 6.14. The largest absolute Gasteiger partial charge is 0.496 e. The minimum atomic E-state index is -0.407. The maximum absolute atomic E-state index is 12.7. The first-order valence-corrected chi connectivity index (χ1v) is 10.8. The van der Waals surface area contributed by atoms with Gasteiger partial charge >= 0.3 is 0 Å². The number of aryl methyl sites for hydroxylation is 1. The fraction of sp³-hybridized carbons (Fsp3) is 0.292. The number of piperazine rings is 1. The van der Waals surface area contributed by atoms with Crippen molar-refractivity contribution in [3.05, 3.63) is 64.8 Å². The molecule has 3 aromatic rings. The van der Waals surface area contributed by atoms with Gasteiger partial charge in [-0.1, -0.05) is 29.8 Å². The van der Waals surface area contributed by atoms with Crippen LogP contribution in [0, 0.1) is 6.92 Å². The van der Waals surface area contributed by atoms with E-state index >= 15 is 0 Å². The summed E-state index contributed by atoms with van der Waals surface area (Å²) in [7, 11) is 1.55. The van der Waals surface area contributed by atoms with Gasteiger partial charge in [0, 0.05) is 48.3 Å². The van der Waals surface area contributed by atoms with Gasteiger partial charge in [0.25, 0.3) is 5.91 Å². The molecule has 166 valence electrons. The molecule has 7 nitrogen and oxygen atoms in total. The number of methoxy groups -OCH3 is 1. The van der Waals surface area contributed by atoms with Gasteiger partial charge < -0.3 is 19.9 Å². The van der Waals surface area contributed by atoms with Crippen LogP contribution >= 0.6 is 11.6 Å². The van der Waals surface area contributed by atoms with Crippen LogP contribution < -0.4 is 15.0 Å². The maximum Gasteiger partial charge on any atom is 0.270 e. The fourth-order valence-corrected chi connectivity index (χ4v) is 4.07. The normalized spacial score (nSPS) is 13.8. The highest BCUT2D eigenvalue weighted by atomic mass is 35.5. The van der Waals surface area contributed by atoms with E-state index < -0.39 is 5.91 Å². The number of pyridine rings is 1. The number of nitrogens with zero attached hydrogens (tertiary/aromatic N) is 3. The number of benzene rings is 2. The van der Waals surface area contributed by atoms with Crippen LogP contribution in [-0.4, -0.2) is 61.5 Å². The number of carbonyl (C=O) groups is 2. The number of hydrogen-bond donors (Lipinski definition) is 1. The van der Waals surface area contributed by atoms with Gasteiger partial charge in [-0.05, 0) is 36.8 Å². The molecule has 1 saturated heterocycles. The lowest BCUT2D eigenvalue weighted by Gasteiger charge is -2.37. The number of carbonyl (C=O) groups excluding carboxylic acids is 2. The van der Waals surface area contributed by atoms with E-state index in [1.54, 1.807) is 18.1 Å². The molecule has 0 aliphatic carbocycles. The molecular weight excluding hydrogens is 428 g/mol. The number of halogens is 1. The minimum Gasteiger partial charge on any atom is -0.496 e. The van der Waals surface area contributed by atoms with Crippen molar-refractivity contribution in [1.29, 1.82) is 0 Å². The number of fused-ring (bicyclic) bond motifs is 1. The number of hydrogen-bond acceptors (Lipinski definition) is 5. The summed E-state index contributed by atoms with van der Waals surface area (Å²) in [6.45, 7) is 4.57. The summed E-state index contributed by atoms with van der Waals surface area (Å²) in [5, 5.41) is 4.22. The summed E-state index contributed by atoms with van der Waals surface area (Å²) in [6, 6.07) is 14.9. The number of aromatic nitrogens is 1. The molecule has 1 aromatic heterocycles. The summed E-state index contributed by atoms with van der Waals surface area (Å²) in [6.07, 6.45) is 0. The fourth-order valence-electron chi connectivity index (χ4n) is 3.91. The Bertz CT molecular complexity index is 1160. The van der Waals surface area contributed by atoms with Crippen LogP contribution in [0.5, 0.6) is 5.75 Å². The average molecular weight is 453 g/mol. The topological polar surface area (TPSA) is 74.8 Å². The van der Waals surface area contributed by atoms with Crippen LogP contribution in [0.15, 0.2) is 48.5 Å². The Morgan fingerprint density at radius 2 is 1.84 bits per heavy atom. The van der Waals surface area contributed by atoms with Gasteiger partial charge in [-0.25, -0.2) is 4.98 Å². The molecular formula is C24H25ClN4O3. The molecule has 0 atom stereocenters. The van der Waals surface area contributed by atoms with E-state index in [0.717, 1.165) is 16.6 Å². The molecule has 1 fully saturated rings. The predicted octanol–water partition coefficient (Wildman–Crippen LogP) is 3.28. The van der Waals surface area contributed by atoms with Crippen LogP contribution in [0.4, 0.5) is 5.69 Å². The van der Waals surface area contributed by atoms with Crippen molar-refractivity contribution in [2.75, 3.05) is 44.7 Å². The third-order valence-corrected chi connectivity index (χ3v) is 5.91. The first-order chi connectivity index (χ1) is 15.5. The zero-order valence-electron chi connectivity index (χ0n) is 18.1. The summed E-state index contributed by atoms with van der Waals surface area (Å²) in [5.74, 6) is 0.0451. The van der Waals surface area contributed by atoms with Crippen molar-refractivity contribution >= 4 is 40.0 Å². The Morgan fingerprint density at radius 3 is 2.59 bits per heavy atom. The third kappa shape index (κ3) is 4.62. The Balaban J connectivity index is 1.35. The lowest BCUT2D eigenvalue weighted by Crippen LogP contribution is -2.51. The standard InChI is InChI=1S/C24H25ClN4O3/c1-16-7-8-17(25)13-21(16)28-9-11-29(12-10-28)23(30)15-26-24(31)20-14-22(32-2)18-5-3-4-6-19(18)27-20/h3-8,13-14H,9-12,15H2,1-2H3,(H,26,31). The quantitative estimate of drug-likeness (QED) is 0.643. The van der Waals surface area contributed by atoms with E-state index in [9.17, 15) is 9.59 Å². The monoisotopic (exact) mass is 452 g/mol. The van der Waals surface area contributed by atoms with Crippen molar-refractivity contribution in [1.82, 2.24) is 15.2 Å². The molecule has 32 heavy (non-hydrogen) atoms. The zero-order chi connectivity index (χ0) is 22.7. The van der Waals surface area contributed by atoms with Crippen LogP contribution in [0.25, 0.3) is 10.9 Å². The van der Waals surface area contributed by atoms with Gasteiger partial charge in [-0.15, -0.1) is 0 Å². The molecule has 0 bridgehead atoms. The predicted molar refractivity (Wildman–Crippen MR) is 126 cm³/mol. The van der Waals surface area contributed by atoms with Crippen molar-refractivity contribution in [2.24, 2.45) is 0 Å². The molecule has 1 aliphatic heterocycles. The highest BCUT2D eigenvalue weighted by Crippen LogP contribution is 2.26. The lowest BCUT2D eigenvalue weighted by atomic mass is 10.1. The summed E-state index contributed by atoms with van der Waals surface area (Å²) in [4.78, 5) is 33.7. The number of anilines is 1. The third-order valence-electron chi connectivity index (χ3n) is 5.68. The Hall–Kier alpha value is -3.32. The molecule has 0 saturated carbocycles. The number of ether oxygens (including phenoxy) is 1. The highest BCUT2D eigenvalue weighted by Gasteiger charge is 2.23. The van der Waals surface area contributed by atoms with Crippen LogP contribution in [0.3, 0.4) is 0 Å². The van der Waals surface area contributed by atoms with Crippen molar-refractivity contribution in [3.8, 4) is 5.75 Å². The van der Waals surface area contributed by atoms with Crippen LogP contribution in [0.1, 0.15) is 16.1 Å².